The molecule has 2 aromatic rings. The third kappa shape index (κ3) is 3.38. The average Bonchev–Trinajstić information content (AvgIpc) is 3.04. The van der Waals surface area contributed by atoms with Crippen LogP contribution in [0.2, 0.25) is 0 Å². The van der Waals surface area contributed by atoms with E-state index in [1.54, 1.807) is 6.20 Å². The molecule has 0 saturated carbocycles. The van der Waals surface area contributed by atoms with Crippen LogP contribution in [0.25, 0.3) is 0 Å². The molecule has 8 heteroatoms. The van der Waals surface area contributed by atoms with E-state index < -0.39 is 0 Å². The lowest BCUT2D eigenvalue weighted by Gasteiger charge is -2.22. The smallest absolute Gasteiger partial charge is 0.227 e. The Kier molecular flexibility index (Phi) is 4.89. The van der Waals surface area contributed by atoms with E-state index in [0.29, 0.717) is 29.0 Å². The minimum Gasteiger partial charge on any atom is -0.321 e. The molecule has 118 valence electrons. The number of halogens is 1. The molecule has 1 aliphatic heterocycles. The van der Waals surface area contributed by atoms with E-state index in [-0.39, 0.29) is 12.1 Å². The van der Waals surface area contributed by atoms with E-state index in [4.69, 9.17) is 0 Å². The van der Waals surface area contributed by atoms with Gasteiger partial charge in [0.25, 0.3) is 0 Å². The van der Waals surface area contributed by atoms with Crippen LogP contribution in [0.4, 0.5) is 15.5 Å². The van der Waals surface area contributed by atoms with Crippen LogP contribution in [0, 0.1) is 0 Å². The van der Waals surface area contributed by atoms with Crippen molar-refractivity contribution in [1.82, 2.24) is 25.1 Å². The molecule has 0 aromatic carbocycles. The number of aryl methyl sites for hydroxylation is 1. The minimum atomic E-state index is 0.183. The van der Waals surface area contributed by atoms with Crippen molar-refractivity contribution in [3.05, 3.63) is 24.3 Å². The Hall–Kier alpha value is -1.67. The summed E-state index contributed by atoms with van der Waals surface area (Å²) in [7, 11) is 0. The van der Waals surface area contributed by atoms with Gasteiger partial charge in [0.2, 0.25) is 5.95 Å². The number of aromatic nitrogens is 4. The van der Waals surface area contributed by atoms with E-state index >= 15 is 0 Å². The van der Waals surface area contributed by atoms with Crippen LogP contribution >= 0.6 is 12.1 Å². The molecule has 0 aliphatic carbocycles. The van der Waals surface area contributed by atoms with Crippen molar-refractivity contribution in [2.24, 2.45) is 0 Å². The van der Waals surface area contributed by atoms with Crippen LogP contribution < -0.4 is 10.6 Å². The fraction of sp³-hybridized carbons (Fsp3) is 0.500. The van der Waals surface area contributed by atoms with Crippen LogP contribution in [0.3, 0.4) is 0 Å². The van der Waals surface area contributed by atoms with Crippen molar-refractivity contribution in [2.75, 3.05) is 18.4 Å². The summed E-state index contributed by atoms with van der Waals surface area (Å²) < 4.78 is 14.7. The summed E-state index contributed by atoms with van der Waals surface area (Å²) in [6.07, 6.45) is 8.09. The highest BCUT2D eigenvalue weighted by atomic mass is 32.2. The molecule has 0 bridgehead atoms. The van der Waals surface area contributed by atoms with E-state index in [2.05, 4.69) is 25.7 Å². The molecule has 2 N–H and O–H groups in total. The second-order valence-corrected chi connectivity index (χ2v) is 5.84. The van der Waals surface area contributed by atoms with Gasteiger partial charge < -0.3 is 10.6 Å². The van der Waals surface area contributed by atoms with Gasteiger partial charge in [0.05, 0.1) is 40.7 Å². The zero-order chi connectivity index (χ0) is 15.4. The maximum atomic E-state index is 12.7. The van der Waals surface area contributed by atoms with Gasteiger partial charge in [-0.3, -0.25) is 4.68 Å². The Balaban J connectivity index is 1.72. The largest absolute Gasteiger partial charge is 0.321 e. The molecule has 0 radical (unpaired) electrons. The van der Waals surface area contributed by atoms with E-state index in [0.717, 1.165) is 31.6 Å². The van der Waals surface area contributed by atoms with Crippen molar-refractivity contribution in [2.45, 2.75) is 37.1 Å². The fourth-order valence-corrected chi connectivity index (χ4v) is 2.96. The molecule has 3 heterocycles. The van der Waals surface area contributed by atoms with Crippen LogP contribution in [0.5, 0.6) is 0 Å². The third-order valence-corrected chi connectivity index (χ3v) is 4.30. The summed E-state index contributed by atoms with van der Waals surface area (Å²) in [5.74, 6) is 0.472. The van der Waals surface area contributed by atoms with Gasteiger partial charge in [-0.1, -0.05) is 6.92 Å². The molecule has 1 aliphatic rings. The molecular formula is C14H19FN6S. The highest BCUT2D eigenvalue weighted by Crippen LogP contribution is 2.24. The highest BCUT2D eigenvalue weighted by molar-refractivity contribution is 7.94. The van der Waals surface area contributed by atoms with Gasteiger partial charge in [-0.2, -0.15) is 8.98 Å². The summed E-state index contributed by atoms with van der Waals surface area (Å²) in [6.45, 7) is 4.00. The molecule has 2 aromatic heterocycles. The molecule has 0 amide bonds. The monoisotopic (exact) mass is 322 g/mol. The topological polar surface area (TPSA) is 67.7 Å². The van der Waals surface area contributed by atoms with Crippen LogP contribution in [-0.2, 0) is 6.42 Å². The number of piperidine rings is 1. The van der Waals surface area contributed by atoms with Gasteiger partial charge in [0.1, 0.15) is 0 Å². The molecule has 6 nitrogen and oxygen atoms in total. The van der Waals surface area contributed by atoms with Crippen molar-refractivity contribution in [3.8, 4) is 0 Å². The minimum absolute atomic E-state index is 0.183. The summed E-state index contributed by atoms with van der Waals surface area (Å²) >= 11 is 0.183. The van der Waals surface area contributed by atoms with Crippen molar-refractivity contribution < 1.29 is 3.89 Å². The van der Waals surface area contributed by atoms with Crippen LogP contribution in [0.15, 0.2) is 23.5 Å². The molecule has 3 rings (SSSR count). The van der Waals surface area contributed by atoms with Crippen LogP contribution in [0.1, 0.15) is 31.5 Å². The second-order valence-electron chi connectivity index (χ2n) is 5.25. The fourth-order valence-electron chi connectivity index (χ4n) is 2.59. The average molecular weight is 322 g/mol. The maximum Gasteiger partial charge on any atom is 0.227 e. The normalized spacial score (nSPS) is 15.9. The Labute approximate surface area is 133 Å². The van der Waals surface area contributed by atoms with Crippen molar-refractivity contribution in [3.63, 3.8) is 0 Å². The molecule has 0 spiro atoms. The van der Waals surface area contributed by atoms with Crippen molar-refractivity contribution >= 4 is 23.8 Å². The summed E-state index contributed by atoms with van der Waals surface area (Å²) in [5, 5.41) is 10.9. The van der Waals surface area contributed by atoms with Gasteiger partial charge in [-0.15, -0.1) is 0 Å². The quantitative estimate of drug-likeness (QED) is 0.882. The predicted molar refractivity (Wildman–Crippen MR) is 85.0 cm³/mol. The van der Waals surface area contributed by atoms with Crippen molar-refractivity contribution in [1.29, 1.82) is 0 Å². The van der Waals surface area contributed by atoms with E-state index in [1.807, 2.05) is 17.8 Å². The first-order valence-corrected chi connectivity index (χ1v) is 8.18. The Bertz CT molecular complexity index is 626. The molecule has 0 atom stereocenters. The zero-order valence-corrected chi connectivity index (χ0v) is 13.2. The SMILES string of the molecule is CCc1nc(Nc2cnn(C3CCNCC3)c2)ncc1SF. The number of anilines is 2. The number of nitrogens with zero attached hydrogens (tertiary/aromatic N) is 4. The molecule has 1 saturated heterocycles. The summed E-state index contributed by atoms with van der Waals surface area (Å²) in [4.78, 5) is 8.96. The Morgan fingerprint density at radius 1 is 1.41 bits per heavy atom. The lowest BCUT2D eigenvalue weighted by atomic mass is 10.1. The van der Waals surface area contributed by atoms with E-state index in [9.17, 15) is 3.89 Å². The Morgan fingerprint density at radius 3 is 2.95 bits per heavy atom. The first-order valence-electron chi connectivity index (χ1n) is 7.46. The second kappa shape index (κ2) is 7.06. The summed E-state index contributed by atoms with van der Waals surface area (Å²) in [5.41, 5.74) is 1.55. The molecule has 22 heavy (non-hydrogen) atoms. The Morgan fingerprint density at radius 2 is 2.23 bits per heavy atom. The number of hydrogen-bond donors (Lipinski definition) is 2. The number of nitrogens with one attached hydrogen (secondary N) is 2. The van der Waals surface area contributed by atoms with Crippen LogP contribution in [-0.4, -0.2) is 32.8 Å². The van der Waals surface area contributed by atoms with Gasteiger partial charge >= 0.3 is 0 Å². The lowest BCUT2D eigenvalue weighted by Crippen LogP contribution is -2.29. The van der Waals surface area contributed by atoms with Gasteiger partial charge in [0.15, 0.2) is 0 Å². The number of rotatable bonds is 5. The van der Waals surface area contributed by atoms with Gasteiger partial charge in [0, 0.05) is 12.4 Å². The molecule has 0 unspecified atom stereocenters. The standard InChI is InChI=1S/C14H19FN6S/c1-2-12-13(22-15)8-17-14(20-12)19-10-7-18-21(9-10)11-3-5-16-6-4-11/h7-9,11,16H,2-6H2,1H3,(H,17,19,20). The zero-order valence-electron chi connectivity index (χ0n) is 12.4. The highest BCUT2D eigenvalue weighted by Gasteiger charge is 2.16. The maximum absolute atomic E-state index is 12.7. The third-order valence-electron chi connectivity index (χ3n) is 3.79. The lowest BCUT2D eigenvalue weighted by molar-refractivity contribution is 0.343. The van der Waals surface area contributed by atoms with Gasteiger partial charge in [-0.25, -0.2) is 9.97 Å². The first kappa shape index (κ1) is 15.2. The number of hydrogen-bond acceptors (Lipinski definition) is 6. The van der Waals surface area contributed by atoms with E-state index in [1.165, 1.54) is 6.20 Å². The summed E-state index contributed by atoms with van der Waals surface area (Å²) in [6, 6.07) is 0.439. The predicted octanol–water partition coefficient (Wildman–Crippen LogP) is 2.88. The van der Waals surface area contributed by atoms with Gasteiger partial charge in [-0.05, 0) is 32.4 Å². The molecular weight excluding hydrogens is 303 g/mol. The molecule has 1 fully saturated rings. The first-order chi connectivity index (χ1) is 10.8.